The topological polar surface area (TPSA) is 119 Å². The van der Waals surface area contributed by atoms with E-state index in [9.17, 15) is 32.1 Å². The van der Waals surface area contributed by atoms with Gasteiger partial charge in [0.05, 0.1) is 22.9 Å². The van der Waals surface area contributed by atoms with Gasteiger partial charge < -0.3 is 10.1 Å². The molecule has 1 aliphatic heterocycles. The summed E-state index contributed by atoms with van der Waals surface area (Å²) >= 11 is 0. The molecule has 1 amide bonds. The van der Waals surface area contributed by atoms with Crippen LogP contribution in [0.25, 0.3) is 0 Å². The number of anilines is 1. The smallest absolute Gasteiger partial charge is 0.275 e. The first kappa shape index (κ1) is 21.0. The molecule has 0 spiro atoms. The van der Waals surface area contributed by atoms with E-state index < -0.39 is 45.5 Å². The number of rotatable bonds is 7. The number of nitrogens with one attached hydrogen (secondary N) is 1. The zero-order valence-electron chi connectivity index (χ0n) is 14.4. The fourth-order valence-electron chi connectivity index (χ4n) is 2.70. The zero-order valence-corrected chi connectivity index (χ0v) is 15.2. The van der Waals surface area contributed by atoms with E-state index in [0.29, 0.717) is 12.8 Å². The third-order valence-electron chi connectivity index (χ3n) is 4.04. The number of halogens is 2. The Bertz CT molecular complexity index is 810. The van der Waals surface area contributed by atoms with Crippen LogP contribution in [-0.4, -0.2) is 55.9 Å². The van der Waals surface area contributed by atoms with Crippen molar-refractivity contribution in [3.63, 3.8) is 0 Å². The van der Waals surface area contributed by atoms with Gasteiger partial charge in [-0.25, -0.2) is 21.5 Å². The van der Waals surface area contributed by atoms with Gasteiger partial charge >= 0.3 is 0 Å². The minimum absolute atomic E-state index is 0.0454. The van der Waals surface area contributed by atoms with E-state index in [2.05, 4.69) is 5.32 Å². The molecule has 9 nitrogen and oxygen atoms in total. The molecule has 1 N–H and O–H groups in total. The lowest BCUT2D eigenvalue weighted by molar-refractivity contribution is -0.384. The quantitative estimate of drug-likeness (QED) is 0.544. The minimum Gasteiger partial charge on any atom is -0.487 e. The molecule has 150 valence electrons. The number of carbonyl (C=O) groups excluding carboxylic acids is 1. The lowest BCUT2D eigenvalue weighted by atomic mass is 9.97. The van der Waals surface area contributed by atoms with Crippen molar-refractivity contribution in [3.8, 4) is 5.75 Å². The number of non-ortho nitro benzene ring substituents is 1. The highest BCUT2D eigenvalue weighted by Crippen LogP contribution is 2.28. The lowest BCUT2D eigenvalue weighted by Crippen LogP contribution is -2.40. The van der Waals surface area contributed by atoms with E-state index in [1.165, 1.54) is 10.4 Å². The Labute approximate surface area is 154 Å². The number of hydrogen-bond acceptors (Lipinski definition) is 6. The number of nitrogens with zero attached hydrogens (tertiary/aromatic N) is 2. The monoisotopic (exact) mass is 407 g/mol. The number of nitro groups is 1. The van der Waals surface area contributed by atoms with Crippen molar-refractivity contribution < 1.29 is 31.7 Å². The third kappa shape index (κ3) is 6.10. The maximum absolute atomic E-state index is 12.4. The minimum atomic E-state index is -3.32. The van der Waals surface area contributed by atoms with Crippen LogP contribution in [0.2, 0.25) is 0 Å². The summed E-state index contributed by atoms with van der Waals surface area (Å²) in [6, 6.07) is 3.31. The summed E-state index contributed by atoms with van der Waals surface area (Å²) in [5, 5.41) is 13.5. The highest BCUT2D eigenvalue weighted by molar-refractivity contribution is 7.88. The van der Waals surface area contributed by atoms with Crippen LogP contribution >= 0.6 is 0 Å². The Morgan fingerprint density at radius 3 is 2.52 bits per heavy atom. The van der Waals surface area contributed by atoms with Crippen LogP contribution in [0.3, 0.4) is 0 Å². The molecule has 2 rings (SSSR count). The van der Waals surface area contributed by atoms with Gasteiger partial charge in [-0.1, -0.05) is 0 Å². The van der Waals surface area contributed by atoms with Crippen molar-refractivity contribution in [1.82, 2.24) is 4.31 Å². The number of piperidine rings is 1. The predicted molar refractivity (Wildman–Crippen MR) is 92.4 cm³/mol. The summed E-state index contributed by atoms with van der Waals surface area (Å²) in [6.45, 7) is -0.526. The van der Waals surface area contributed by atoms with Gasteiger partial charge in [0.2, 0.25) is 15.9 Å². The number of amides is 1. The first-order valence-corrected chi connectivity index (χ1v) is 9.87. The van der Waals surface area contributed by atoms with E-state index in [1.54, 1.807) is 0 Å². The van der Waals surface area contributed by atoms with Crippen molar-refractivity contribution in [2.24, 2.45) is 5.92 Å². The second-order valence-corrected chi connectivity index (χ2v) is 8.08. The Balaban J connectivity index is 2.07. The molecule has 1 heterocycles. The standard InChI is InChI=1S/C15H19F2N3O6S/c1-27(24,25)19-4-2-10(3-5-19)15(21)18-11-6-12(20(22)23)8-13(7-11)26-9-14(16)17/h6-8,10,14H,2-5,9H2,1H3,(H,18,21). The van der Waals surface area contributed by atoms with Crippen molar-refractivity contribution >= 4 is 27.3 Å². The van der Waals surface area contributed by atoms with Crippen LogP contribution in [0, 0.1) is 16.0 Å². The number of carbonyl (C=O) groups is 1. The summed E-state index contributed by atoms with van der Waals surface area (Å²) in [5.41, 5.74) is -0.368. The van der Waals surface area contributed by atoms with Gasteiger partial charge in [-0.05, 0) is 12.8 Å². The number of nitro benzene ring substituents is 1. The molecule has 0 aliphatic carbocycles. The van der Waals surface area contributed by atoms with E-state index in [4.69, 9.17) is 4.74 Å². The molecule has 0 bridgehead atoms. The maximum atomic E-state index is 12.4. The Morgan fingerprint density at radius 2 is 2.00 bits per heavy atom. The lowest BCUT2D eigenvalue weighted by Gasteiger charge is -2.29. The molecule has 0 saturated carbocycles. The van der Waals surface area contributed by atoms with E-state index in [-0.39, 0.29) is 24.5 Å². The second kappa shape index (κ2) is 8.57. The number of benzene rings is 1. The van der Waals surface area contributed by atoms with Gasteiger partial charge in [0, 0.05) is 31.1 Å². The summed E-state index contributed by atoms with van der Waals surface area (Å²) in [7, 11) is -3.32. The predicted octanol–water partition coefficient (Wildman–Crippen LogP) is 1.85. The zero-order chi connectivity index (χ0) is 20.2. The van der Waals surface area contributed by atoms with Crippen molar-refractivity contribution in [2.45, 2.75) is 19.3 Å². The first-order chi connectivity index (χ1) is 12.6. The average molecular weight is 407 g/mol. The average Bonchev–Trinajstić information content (AvgIpc) is 2.59. The summed E-state index contributed by atoms with van der Waals surface area (Å²) < 4.78 is 53.6. The Kier molecular flexibility index (Phi) is 6.65. The van der Waals surface area contributed by atoms with Crippen molar-refractivity contribution in [2.75, 3.05) is 31.3 Å². The molecule has 1 aromatic carbocycles. The normalized spacial score (nSPS) is 16.3. The molecule has 1 aliphatic rings. The molecule has 0 radical (unpaired) electrons. The van der Waals surface area contributed by atoms with Gasteiger partial charge in [0.15, 0.2) is 0 Å². The van der Waals surface area contributed by atoms with Crippen molar-refractivity contribution in [3.05, 3.63) is 28.3 Å². The molecule has 27 heavy (non-hydrogen) atoms. The summed E-state index contributed by atoms with van der Waals surface area (Å²) in [4.78, 5) is 22.6. The van der Waals surface area contributed by atoms with Gasteiger partial charge in [-0.3, -0.25) is 14.9 Å². The van der Waals surface area contributed by atoms with E-state index in [1.807, 2.05) is 0 Å². The molecular formula is C15H19F2N3O6S. The van der Waals surface area contributed by atoms with Crippen LogP contribution in [-0.2, 0) is 14.8 Å². The number of sulfonamides is 1. The summed E-state index contributed by atoms with van der Waals surface area (Å²) in [5.74, 6) is -1.05. The number of alkyl halides is 2. The molecular weight excluding hydrogens is 388 g/mol. The van der Waals surface area contributed by atoms with E-state index in [0.717, 1.165) is 18.4 Å². The van der Waals surface area contributed by atoms with Crippen LogP contribution in [0.5, 0.6) is 5.75 Å². The fourth-order valence-corrected chi connectivity index (χ4v) is 3.57. The van der Waals surface area contributed by atoms with Crippen LogP contribution < -0.4 is 10.1 Å². The van der Waals surface area contributed by atoms with Crippen LogP contribution in [0.15, 0.2) is 18.2 Å². The fraction of sp³-hybridized carbons (Fsp3) is 0.533. The van der Waals surface area contributed by atoms with Crippen molar-refractivity contribution in [1.29, 1.82) is 0 Å². The molecule has 0 atom stereocenters. The highest BCUT2D eigenvalue weighted by Gasteiger charge is 2.29. The maximum Gasteiger partial charge on any atom is 0.275 e. The Morgan fingerprint density at radius 1 is 1.37 bits per heavy atom. The summed E-state index contributed by atoms with van der Waals surface area (Å²) in [6.07, 6.45) is -1.04. The van der Waals surface area contributed by atoms with Gasteiger partial charge in [0.25, 0.3) is 12.1 Å². The highest BCUT2D eigenvalue weighted by atomic mass is 32.2. The van der Waals surface area contributed by atoms with E-state index >= 15 is 0 Å². The second-order valence-electron chi connectivity index (χ2n) is 6.10. The van der Waals surface area contributed by atoms with Gasteiger partial charge in [0.1, 0.15) is 12.4 Å². The third-order valence-corrected chi connectivity index (χ3v) is 5.34. The molecule has 0 aromatic heterocycles. The Hall–Kier alpha value is -2.34. The number of ether oxygens (including phenoxy) is 1. The largest absolute Gasteiger partial charge is 0.487 e. The first-order valence-electron chi connectivity index (χ1n) is 8.02. The molecule has 12 heteroatoms. The SMILES string of the molecule is CS(=O)(=O)N1CCC(C(=O)Nc2cc(OCC(F)F)cc([N+](=O)[O-])c2)CC1. The van der Waals surface area contributed by atoms with Crippen LogP contribution in [0.4, 0.5) is 20.2 Å². The van der Waals surface area contributed by atoms with Gasteiger partial charge in [-0.2, -0.15) is 0 Å². The molecule has 1 aromatic rings. The van der Waals surface area contributed by atoms with Gasteiger partial charge in [-0.15, -0.1) is 0 Å². The molecule has 1 saturated heterocycles. The van der Waals surface area contributed by atoms with Crippen LogP contribution in [0.1, 0.15) is 12.8 Å². The molecule has 1 fully saturated rings. The molecule has 0 unspecified atom stereocenters. The number of hydrogen-bond donors (Lipinski definition) is 1.